The lowest BCUT2D eigenvalue weighted by molar-refractivity contribution is -0.141. The van der Waals surface area contributed by atoms with Crippen LogP contribution in [0.3, 0.4) is 0 Å². The third-order valence-corrected chi connectivity index (χ3v) is 3.86. The Labute approximate surface area is 123 Å². The van der Waals surface area contributed by atoms with Crippen LogP contribution in [0.25, 0.3) is 0 Å². The van der Waals surface area contributed by atoms with Crippen LogP contribution in [0.1, 0.15) is 24.9 Å². The average molecular weight is 293 g/mol. The molecule has 1 saturated heterocycles. The normalized spacial score (nSPS) is 19.5. The Morgan fingerprint density at radius 2 is 2.10 bits per heavy atom. The van der Waals surface area contributed by atoms with Gasteiger partial charge >= 0.3 is 5.97 Å². The number of likely N-dealkylation sites (tertiary alicyclic amines) is 1. The van der Waals surface area contributed by atoms with Crippen molar-refractivity contribution >= 4 is 11.9 Å². The Morgan fingerprint density at radius 3 is 2.62 bits per heavy atom. The summed E-state index contributed by atoms with van der Waals surface area (Å²) in [5, 5.41) is 9.06. The van der Waals surface area contributed by atoms with Crippen LogP contribution < -0.4 is 9.47 Å². The van der Waals surface area contributed by atoms with E-state index >= 15 is 0 Å². The van der Waals surface area contributed by atoms with Gasteiger partial charge in [0.05, 0.1) is 26.2 Å². The second kappa shape index (κ2) is 6.03. The molecule has 1 fully saturated rings. The molecule has 6 nitrogen and oxygen atoms in total. The lowest BCUT2D eigenvalue weighted by Gasteiger charge is -2.26. The van der Waals surface area contributed by atoms with E-state index in [0.717, 1.165) is 5.56 Å². The van der Waals surface area contributed by atoms with E-state index in [9.17, 15) is 9.59 Å². The third-order valence-electron chi connectivity index (χ3n) is 3.86. The predicted octanol–water partition coefficient (Wildman–Crippen LogP) is 1.70. The van der Waals surface area contributed by atoms with Gasteiger partial charge in [0.1, 0.15) is 11.5 Å². The molecule has 0 saturated carbocycles. The van der Waals surface area contributed by atoms with Crippen molar-refractivity contribution in [2.24, 2.45) is 5.92 Å². The van der Waals surface area contributed by atoms with E-state index in [0.29, 0.717) is 11.5 Å². The van der Waals surface area contributed by atoms with Gasteiger partial charge in [-0.1, -0.05) is 0 Å². The van der Waals surface area contributed by atoms with Gasteiger partial charge < -0.3 is 19.5 Å². The zero-order valence-electron chi connectivity index (χ0n) is 12.3. The summed E-state index contributed by atoms with van der Waals surface area (Å²) in [5.41, 5.74) is 0.802. The summed E-state index contributed by atoms with van der Waals surface area (Å²) in [6.07, 6.45) is 0.0476. The monoisotopic (exact) mass is 293 g/mol. The topological polar surface area (TPSA) is 76.1 Å². The van der Waals surface area contributed by atoms with Gasteiger partial charge in [0.2, 0.25) is 5.91 Å². The van der Waals surface area contributed by atoms with Crippen molar-refractivity contribution in [2.45, 2.75) is 19.4 Å². The first-order valence-corrected chi connectivity index (χ1v) is 6.72. The number of amides is 1. The summed E-state index contributed by atoms with van der Waals surface area (Å²) in [4.78, 5) is 24.7. The Morgan fingerprint density at radius 1 is 1.38 bits per heavy atom. The van der Waals surface area contributed by atoms with Crippen molar-refractivity contribution < 1.29 is 24.2 Å². The van der Waals surface area contributed by atoms with Crippen LogP contribution in [-0.4, -0.2) is 42.6 Å². The van der Waals surface area contributed by atoms with Crippen LogP contribution >= 0.6 is 0 Å². The molecular formula is C15H19NO5. The van der Waals surface area contributed by atoms with Gasteiger partial charge in [0.25, 0.3) is 0 Å². The van der Waals surface area contributed by atoms with Crippen LogP contribution in [0.4, 0.5) is 0 Å². The van der Waals surface area contributed by atoms with Gasteiger partial charge in [-0.05, 0) is 25.1 Å². The van der Waals surface area contributed by atoms with Crippen LogP contribution in [-0.2, 0) is 9.59 Å². The molecule has 2 atom stereocenters. The quantitative estimate of drug-likeness (QED) is 0.894. The summed E-state index contributed by atoms with van der Waals surface area (Å²) in [7, 11) is 3.13. The summed E-state index contributed by atoms with van der Waals surface area (Å²) >= 11 is 0. The molecule has 21 heavy (non-hydrogen) atoms. The van der Waals surface area contributed by atoms with Crippen LogP contribution in [0.15, 0.2) is 18.2 Å². The maximum absolute atomic E-state index is 12.0. The highest BCUT2D eigenvalue weighted by Crippen LogP contribution is 2.35. The van der Waals surface area contributed by atoms with Gasteiger partial charge in [-0.15, -0.1) is 0 Å². The molecule has 1 aliphatic rings. The number of carbonyl (C=O) groups excluding carboxylic acids is 1. The molecule has 0 aliphatic carbocycles. The minimum absolute atomic E-state index is 0.0476. The Hall–Kier alpha value is -2.24. The van der Waals surface area contributed by atoms with E-state index < -0.39 is 11.9 Å². The fourth-order valence-corrected chi connectivity index (χ4v) is 2.61. The van der Waals surface area contributed by atoms with Gasteiger partial charge in [-0.3, -0.25) is 9.59 Å². The third kappa shape index (κ3) is 2.94. The number of ether oxygens (including phenoxy) is 2. The molecule has 1 aliphatic heterocycles. The van der Waals surface area contributed by atoms with E-state index in [1.165, 1.54) is 0 Å². The minimum atomic E-state index is -0.935. The van der Waals surface area contributed by atoms with E-state index in [2.05, 4.69) is 0 Å². The van der Waals surface area contributed by atoms with Crippen LogP contribution in [0, 0.1) is 5.92 Å². The Balaban J connectivity index is 2.29. The SMILES string of the molecule is COc1ccc(OC)c(C(C)N2CC(C(=O)O)CC2=O)c1. The first-order chi connectivity index (χ1) is 9.97. The predicted molar refractivity (Wildman–Crippen MR) is 75.4 cm³/mol. The minimum Gasteiger partial charge on any atom is -0.497 e. The van der Waals surface area contributed by atoms with E-state index in [1.807, 2.05) is 13.0 Å². The maximum atomic E-state index is 12.0. The summed E-state index contributed by atoms with van der Waals surface area (Å²) < 4.78 is 10.5. The number of aliphatic carboxylic acids is 1. The number of hydrogen-bond acceptors (Lipinski definition) is 4. The molecule has 0 bridgehead atoms. The summed E-state index contributed by atoms with van der Waals surface area (Å²) in [6, 6.07) is 5.10. The second-order valence-electron chi connectivity index (χ2n) is 5.07. The Kier molecular flexibility index (Phi) is 4.35. The van der Waals surface area contributed by atoms with Gasteiger partial charge in [0.15, 0.2) is 0 Å². The molecule has 1 N–H and O–H groups in total. The molecule has 1 aromatic rings. The number of benzene rings is 1. The van der Waals surface area contributed by atoms with E-state index in [1.54, 1.807) is 31.3 Å². The van der Waals surface area contributed by atoms with E-state index in [4.69, 9.17) is 14.6 Å². The highest BCUT2D eigenvalue weighted by atomic mass is 16.5. The van der Waals surface area contributed by atoms with Crippen LogP contribution in [0.2, 0.25) is 0 Å². The smallest absolute Gasteiger partial charge is 0.308 e. The number of nitrogens with zero attached hydrogens (tertiary/aromatic N) is 1. The fraction of sp³-hybridized carbons (Fsp3) is 0.467. The molecular weight excluding hydrogens is 274 g/mol. The summed E-state index contributed by atoms with van der Waals surface area (Å²) in [6.45, 7) is 2.08. The average Bonchev–Trinajstić information content (AvgIpc) is 2.88. The highest BCUT2D eigenvalue weighted by Gasteiger charge is 2.37. The zero-order valence-corrected chi connectivity index (χ0v) is 12.3. The second-order valence-corrected chi connectivity index (χ2v) is 5.07. The van der Waals surface area contributed by atoms with Crippen molar-refractivity contribution in [3.05, 3.63) is 23.8 Å². The molecule has 1 amide bonds. The molecule has 2 rings (SSSR count). The lowest BCUT2D eigenvalue weighted by Crippen LogP contribution is -2.29. The Bertz CT molecular complexity index is 557. The molecule has 0 radical (unpaired) electrons. The first-order valence-electron chi connectivity index (χ1n) is 6.72. The van der Waals surface area contributed by atoms with Gasteiger partial charge in [-0.2, -0.15) is 0 Å². The number of carbonyl (C=O) groups is 2. The van der Waals surface area contributed by atoms with Crippen molar-refractivity contribution in [1.29, 1.82) is 0 Å². The molecule has 6 heteroatoms. The molecule has 1 heterocycles. The number of rotatable bonds is 5. The maximum Gasteiger partial charge on any atom is 0.308 e. The number of carboxylic acids is 1. The van der Waals surface area contributed by atoms with Gasteiger partial charge in [-0.25, -0.2) is 0 Å². The number of hydrogen-bond donors (Lipinski definition) is 1. The largest absolute Gasteiger partial charge is 0.497 e. The molecule has 114 valence electrons. The number of carboxylic acid groups (broad SMARTS) is 1. The number of methoxy groups -OCH3 is 2. The summed E-state index contributed by atoms with van der Waals surface area (Å²) in [5.74, 6) is -0.416. The van der Waals surface area contributed by atoms with Crippen molar-refractivity contribution in [3.8, 4) is 11.5 Å². The molecule has 1 aromatic carbocycles. The van der Waals surface area contributed by atoms with Crippen molar-refractivity contribution in [1.82, 2.24) is 4.90 Å². The van der Waals surface area contributed by atoms with Crippen LogP contribution in [0.5, 0.6) is 11.5 Å². The van der Waals surface area contributed by atoms with Crippen molar-refractivity contribution in [3.63, 3.8) is 0 Å². The van der Waals surface area contributed by atoms with E-state index in [-0.39, 0.29) is 24.9 Å². The van der Waals surface area contributed by atoms with Crippen molar-refractivity contribution in [2.75, 3.05) is 20.8 Å². The molecule has 0 spiro atoms. The molecule has 0 aromatic heterocycles. The fourth-order valence-electron chi connectivity index (χ4n) is 2.61. The lowest BCUT2D eigenvalue weighted by atomic mass is 10.1. The zero-order chi connectivity index (χ0) is 15.6. The van der Waals surface area contributed by atoms with Gasteiger partial charge in [0, 0.05) is 18.5 Å². The molecule has 2 unspecified atom stereocenters. The highest BCUT2D eigenvalue weighted by molar-refractivity contribution is 5.86. The standard InChI is InChI=1S/C15H19NO5/c1-9(16-8-10(15(18)19)6-14(16)17)12-7-11(20-2)4-5-13(12)21-3/h4-5,7,9-10H,6,8H2,1-3H3,(H,18,19). The first kappa shape index (κ1) is 15.2.